The number of para-hydroxylation sites is 1. The minimum absolute atomic E-state index is 0.121. The Morgan fingerprint density at radius 1 is 1.09 bits per heavy atom. The Bertz CT molecular complexity index is 1080. The molecule has 7 nitrogen and oxygen atoms in total. The fourth-order valence-electron chi connectivity index (χ4n) is 4.41. The normalized spacial score (nSPS) is 20.8. The summed E-state index contributed by atoms with van der Waals surface area (Å²) in [5.74, 6) is 0.489. The molecule has 0 aromatic heterocycles. The molecule has 2 aromatic rings. The molecule has 1 saturated heterocycles. The van der Waals surface area contributed by atoms with Gasteiger partial charge in [0.15, 0.2) is 0 Å². The summed E-state index contributed by atoms with van der Waals surface area (Å²) in [6.07, 6.45) is 2.32. The third-order valence-electron chi connectivity index (χ3n) is 6.50. The van der Waals surface area contributed by atoms with Crippen molar-refractivity contribution in [3.8, 4) is 5.75 Å². The third kappa shape index (κ3) is 4.40. The van der Waals surface area contributed by atoms with Crippen LogP contribution in [0.1, 0.15) is 55.1 Å². The monoisotopic (exact) mass is 458 g/mol. The summed E-state index contributed by atoms with van der Waals surface area (Å²) in [6, 6.07) is 13.8. The zero-order valence-electron chi connectivity index (χ0n) is 18.5. The number of hydrogen-bond donors (Lipinski definition) is 1. The molecule has 1 atom stereocenters. The lowest BCUT2D eigenvalue weighted by Crippen LogP contribution is -2.44. The summed E-state index contributed by atoms with van der Waals surface area (Å²) in [5.41, 5.74) is 0.922. The van der Waals surface area contributed by atoms with Crippen molar-refractivity contribution in [3.63, 3.8) is 0 Å². The van der Waals surface area contributed by atoms with Gasteiger partial charge in [-0.3, -0.25) is 4.79 Å². The number of nitrogens with zero attached hydrogens (tertiary/aromatic N) is 1. The SMILES string of the molecule is CCC1(CC)C[C@H](NC(=O)c2cccc(S(=O)(=O)N3CCOCC3)c2)c2ccccc2O1. The summed E-state index contributed by atoms with van der Waals surface area (Å²) in [5, 5.41) is 3.13. The van der Waals surface area contributed by atoms with Crippen LogP contribution < -0.4 is 10.1 Å². The van der Waals surface area contributed by atoms with Gasteiger partial charge in [0.1, 0.15) is 11.4 Å². The lowest BCUT2D eigenvalue weighted by Gasteiger charge is -2.41. The summed E-state index contributed by atoms with van der Waals surface area (Å²) in [7, 11) is -3.67. The third-order valence-corrected chi connectivity index (χ3v) is 8.39. The lowest BCUT2D eigenvalue weighted by molar-refractivity contribution is 0.0227. The Labute approximate surface area is 189 Å². The first-order valence-corrected chi connectivity index (χ1v) is 12.6. The van der Waals surface area contributed by atoms with Gasteiger partial charge in [-0.05, 0) is 37.1 Å². The quantitative estimate of drug-likeness (QED) is 0.716. The number of sulfonamides is 1. The van der Waals surface area contributed by atoms with E-state index in [0.717, 1.165) is 24.2 Å². The lowest BCUT2D eigenvalue weighted by atomic mass is 9.83. The molecule has 32 heavy (non-hydrogen) atoms. The van der Waals surface area contributed by atoms with E-state index < -0.39 is 10.0 Å². The maximum atomic E-state index is 13.2. The first-order chi connectivity index (χ1) is 15.4. The highest BCUT2D eigenvalue weighted by atomic mass is 32.2. The van der Waals surface area contributed by atoms with Gasteiger partial charge in [-0.15, -0.1) is 0 Å². The van der Waals surface area contributed by atoms with E-state index in [0.29, 0.717) is 38.3 Å². The molecular formula is C24H30N2O5S. The molecule has 1 amide bonds. The highest BCUT2D eigenvalue weighted by molar-refractivity contribution is 7.89. The molecule has 2 heterocycles. The Kier molecular flexibility index (Phi) is 6.55. The molecule has 8 heteroatoms. The topological polar surface area (TPSA) is 84.9 Å². The van der Waals surface area contributed by atoms with Crippen molar-refractivity contribution < 1.29 is 22.7 Å². The maximum absolute atomic E-state index is 13.2. The van der Waals surface area contributed by atoms with Gasteiger partial charge < -0.3 is 14.8 Å². The van der Waals surface area contributed by atoms with Crippen molar-refractivity contribution in [1.82, 2.24) is 9.62 Å². The van der Waals surface area contributed by atoms with Crippen molar-refractivity contribution in [3.05, 3.63) is 59.7 Å². The fourth-order valence-corrected chi connectivity index (χ4v) is 5.86. The number of carbonyl (C=O) groups is 1. The van der Waals surface area contributed by atoms with Gasteiger partial charge in [0.05, 0.1) is 24.2 Å². The van der Waals surface area contributed by atoms with Crippen molar-refractivity contribution in [2.24, 2.45) is 0 Å². The van der Waals surface area contributed by atoms with Crippen LogP contribution in [0.2, 0.25) is 0 Å². The summed E-state index contributed by atoms with van der Waals surface area (Å²) in [6.45, 7) is 5.56. The number of hydrogen-bond acceptors (Lipinski definition) is 5. The molecular weight excluding hydrogens is 428 g/mol. The molecule has 1 N–H and O–H groups in total. The van der Waals surface area contributed by atoms with Gasteiger partial charge in [-0.25, -0.2) is 8.42 Å². The van der Waals surface area contributed by atoms with E-state index in [1.54, 1.807) is 12.1 Å². The largest absolute Gasteiger partial charge is 0.487 e. The summed E-state index contributed by atoms with van der Waals surface area (Å²) >= 11 is 0. The summed E-state index contributed by atoms with van der Waals surface area (Å²) < 4.78 is 39.0. The number of amides is 1. The molecule has 2 aliphatic heterocycles. The number of benzene rings is 2. The maximum Gasteiger partial charge on any atom is 0.251 e. The molecule has 0 bridgehead atoms. The number of nitrogens with one attached hydrogen (secondary N) is 1. The van der Waals surface area contributed by atoms with E-state index in [1.807, 2.05) is 24.3 Å². The average Bonchev–Trinajstić information content (AvgIpc) is 2.84. The first kappa shape index (κ1) is 22.8. The van der Waals surface area contributed by atoms with Crippen LogP contribution in [0.3, 0.4) is 0 Å². The van der Waals surface area contributed by atoms with Crippen LogP contribution in [0.15, 0.2) is 53.4 Å². The minimum atomic E-state index is -3.67. The zero-order chi connectivity index (χ0) is 22.8. The van der Waals surface area contributed by atoms with Crippen molar-refractivity contribution in [1.29, 1.82) is 0 Å². The molecule has 0 unspecified atom stereocenters. The van der Waals surface area contributed by atoms with Crippen LogP contribution in [0.25, 0.3) is 0 Å². The van der Waals surface area contributed by atoms with E-state index in [-0.39, 0.29) is 22.4 Å². The van der Waals surface area contributed by atoms with Crippen molar-refractivity contribution in [2.45, 2.75) is 49.6 Å². The summed E-state index contributed by atoms with van der Waals surface area (Å²) in [4.78, 5) is 13.3. The molecule has 2 aromatic carbocycles. The Hall–Kier alpha value is -2.42. The smallest absolute Gasteiger partial charge is 0.251 e. The average molecular weight is 459 g/mol. The number of carbonyl (C=O) groups excluding carboxylic acids is 1. The standard InChI is InChI=1S/C24H30N2O5S/c1-3-24(4-2)17-21(20-10-5-6-11-22(20)31-24)25-23(27)18-8-7-9-19(16-18)32(28,29)26-12-14-30-15-13-26/h5-11,16,21H,3-4,12-15,17H2,1-2H3,(H,25,27)/t21-/m0/s1. The van der Waals surface area contributed by atoms with Gasteiger partial charge in [0.2, 0.25) is 10.0 Å². The van der Waals surface area contributed by atoms with E-state index in [9.17, 15) is 13.2 Å². The molecule has 4 rings (SSSR count). The Morgan fingerprint density at radius 2 is 1.81 bits per heavy atom. The van der Waals surface area contributed by atoms with Crippen LogP contribution >= 0.6 is 0 Å². The molecule has 172 valence electrons. The Morgan fingerprint density at radius 3 is 2.53 bits per heavy atom. The second-order valence-electron chi connectivity index (χ2n) is 8.30. The second kappa shape index (κ2) is 9.21. The van der Waals surface area contributed by atoms with Crippen LogP contribution in [0.4, 0.5) is 0 Å². The van der Waals surface area contributed by atoms with Crippen molar-refractivity contribution in [2.75, 3.05) is 26.3 Å². The number of rotatable bonds is 6. The van der Waals surface area contributed by atoms with E-state index in [2.05, 4.69) is 19.2 Å². The Balaban J connectivity index is 1.58. The van der Waals surface area contributed by atoms with Crippen LogP contribution in [0.5, 0.6) is 5.75 Å². The predicted octanol–water partition coefficient (Wildman–Crippen LogP) is 3.52. The van der Waals surface area contributed by atoms with Crippen LogP contribution in [-0.4, -0.2) is 50.5 Å². The highest BCUT2D eigenvalue weighted by Gasteiger charge is 2.39. The van der Waals surface area contributed by atoms with Gasteiger partial charge in [-0.1, -0.05) is 38.1 Å². The van der Waals surface area contributed by atoms with E-state index in [1.165, 1.54) is 16.4 Å². The van der Waals surface area contributed by atoms with E-state index >= 15 is 0 Å². The van der Waals surface area contributed by atoms with Gasteiger partial charge >= 0.3 is 0 Å². The predicted molar refractivity (Wildman–Crippen MR) is 121 cm³/mol. The molecule has 0 radical (unpaired) electrons. The number of fused-ring (bicyclic) bond motifs is 1. The molecule has 2 aliphatic rings. The number of ether oxygens (including phenoxy) is 2. The fraction of sp³-hybridized carbons (Fsp3) is 0.458. The molecule has 0 saturated carbocycles. The molecule has 0 aliphatic carbocycles. The first-order valence-electron chi connectivity index (χ1n) is 11.2. The van der Waals surface area contributed by atoms with Crippen LogP contribution in [-0.2, 0) is 14.8 Å². The van der Waals surface area contributed by atoms with Gasteiger partial charge in [-0.2, -0.15) is 4.31 Å². The number of morpholine rings is 1. The second-order valence-corrected chi connectivity index (χ2v) is 10.2. The van der Waals surface area contributed by atoms with Crippen LogP contribution in [0, 0.1) is 0 Å². The minimum Gasteiger partial charge on any atom is -0.487 e. The molecule has 0 spiro atoms. The molecule has 1 fully saturated rings. The zero-order valence-corrected chi connectivity index (χ0v) is 19.4. The highest BCUT2D eigenvalue weighted by Crippen LogP contribution is 2.42. The van der Waals surface area contributed by atoms with E-state index in [4.69, 9.17) is 9.47 Å². The van der Waals surface area contributed by atoms with Crippen molar-refractivity contribution >= 4 is 15.9 Å². The van der Waals surface area contributed by atoms with Gasteiger partial charge in [0, 0.05) is 30.6 Å². The van der Waals surface area contributed by atoms with Gasteiger partial charge in [0.25, 0.3) is 5.91 Å².